The first-order valence-electron chi connectivity index (χ1n) is 13.0. The van der Waals surface area contributed by atoms with Gasteiger partial charge in [-0.15, -0.1) is 0 Å². The van der Waals surface area contributed by atoms with E-state index in [0.29, 0.717) is 11.1 Å². The number of hydrogen-bond donors (Lipinski definition) is 9. The van der Waals surface area contributed by atoms with E-state index in [1.165, 1.54) is 12.1 Å². The minimum atomic E-state index is -1.32. The van der Waals surface area contributed by atoms with Crippen molar-refractivity contribution in [2.24, 2.45) is 5.73 Å². The first-order chi connectivity index (χ1) is 20.0. The topological polar surface area (TPSA) is 224 Å². The van der Waals surface area contributed by atoms with Gasteiger partial charge in [0.1, 0.15) is 23.9 Å². The maximum absolute atomic E-state index is 13.6. The van der Waals surface area contributed by atoms with E-state index in [0.717, 1.165) is 10.9 Å². The van der Waals surface area contributed by atoms with E-state index in [1.807, 2.05) is 24.3 Å². The van der Waals surface area contributed by atoms with Gasteiger partial charge in [-0.05, 0) is 35.7 Å². The Bertz CT molecular complexity index is 1430. The van der Waals surface area contributed by atoms with Gasteiger partial charge in [-0.25, -0.2) is 4.79 Å². The highest BCUT2D eigenvalue weighted by Crippen LogP contribution is 2.19. The third kappa shape index (κ3) is 8.97. The molecule has 0 aliphatic rings. The second-order valence-corrected chi connectivity index (χ2v) is 10.0. The molecule has 0 aliphatic heterocycles. The molecule has 3 rings (SSSR count). The van der Waals surface area contributed by atoms with Gasteiger partial charge < -0.3 is 42.0 Å². The van der Waals surface area contributed by atoms with Gasteiger partial charge in [0.2, 0.25) is 17.7 Å². The van der Waals surface area contributed by atoms with Crippen LogP contribution in [0.5, 0.6) is 5.75 Å². The Morgan fingerprint density at radius 1 is 0.833 bits per heavy atom. The summed E-state index contributed by atoms with van der Waals surface area (Å²) < 4.78 is 0. The summed E-state index contributed by atoms with van der Waals surface area (Å²) in [5.74, 6) is -4.95. The first kappa shape index (κ1) is 32.0. The molecule has 3 aromatic rings. The number of nitrogens with two attached hydrogens (primary N) is 1. The van der Waals surface area contributed by atoms with Crippen LogP contribution in [0.1, 0.15) is 24.0 Å². The van der Waals surface area contributed by atoms with E-state index in [4.69, 9.17) is 10.8 Å². The number of para-hydroxylation sites is 1. The number of benzene rings is 2. The van der Waals surface area contributed by atoms with Crippen LogP contribution >= 0.6 is 12.6 Å². The Hall–Kier alpha value is -4.56. The molecular weight excluding hydrogens is 566 g/mol. The molecule has 0 saturated carbocycles. The van der Waals surface area contributed by atoms with Crippen molar-refractivity contribution < 1.29 is 39.3 Å². The summed E-state index contributed by atoms with van der Waals surface area (Å²) in [6.07, 6.45) is 1.09. The number of aromatic amines is 1. The van der Waals surface area contributed by atoms with Crippen LogP contribution in [0, 0.1) is 0 Å². The Morgan fingerprint density at radius 2 is 1.43 bits per heavy atom. The minimum Gasteiger partial charge on any atom is -0.508 e. The molecule has 1 aromatic heterocycles. The zero-order valence-electron chi connectivity index (χ0n) is 22.4. The molecule has 0 aliphatic carbocycles. The Balaban J connectivity index is 1.88. The van der Waals surface area contributed by atoms with Crippen LogP contribution in [0.15, 0.2) is 54.7 Å². The molecule has 0 spiro atoms. The summed E-state index contributed by atoms with van der Waals surface area (Å²) in [5.41, 5.74) is 7.88. The molecule has 0 saturated heterocycles. The minimum absolute atomic E-state index is 0.00730. The predicted molar refractivity (Wildman–Crippen MR) is 156 cm³/mol. The molecular formula is C28H33N5O8S. The molecule has 4 unspecified atom stereocenters. The van der Waals surface area contributed by atoms with Crippen molar-refractivity contribution in [2.45, 2.75) is 49.9 Å². The van der Waals surface area contributed by atoms with Crippen molar-refractivity contribution in [1.82, 2.24) is 20.9 Å². The number of carbonyl (C=O) groups excluding carboxylic acids is 3. The van der Waals surface area contributed by atoms with Crippen molar-refractivity contribution in [1.29, 1.82) is 0 Å². The van der Waals surface area contributed by atoms with Crippen molar-refractivity contribution in [2.75, 3.05) is 5.75 Å². The lowest BCUT2D eigenvalue weighted by Gasteiger charge is -2.25. The number of aromatic nitrogens is 1. The number of amides is 3. The largest absolute Gasteiger partial charge is 0.508 e. The summed E-state index contributed by atoms with van der Waals surface area (Å²) in [6.45, 7) is 0. The zero-order chi connectivity index (χ0) is 30.8. The number of hydrogen-bond acceptors (Lipinski definition) is 8. The quantitative estimate of drug-likeness (QED) is 0.110. The predicted octanol–water partition coefficient (Wildman–Crippen LogP) is 0.320. The molecule has 9 N–H and O–H groups in total. The Morgan fingerprint density at radius 3 is 2.05 bits per heavy atom. The van der Waals surface area contributed by atoms with Gasteiger partial charge in [0, 0.05) is 42.1 Å². The molecule has 14 heteroatoms. The van der Waals surface area contributed by atoms with Gasteiger partial charge in [0.25, 0.3) is 0 Å². The molecule has 0 bridgehead atoms. The number of H-pyrrole nitrogens is 1. The second-order valence-electron chi connectivity index (χ2n) is 9.68. The number of aromatic hydroxyl groups is 1. The van der Waals surface area contributed by atoms with Crippen LogP contribution < -0.4 is 21.7 Å². The van der Waals surface area contributed by atoms with E-state index in [1.54, 1.807) is 18.3 Å². The number of nitrogens with one attached hydrogen (secondary N) is 4. The van der Waals surface area contributed by atoms with E-state index in [9.17, 15) is 34.2 Å². The highest BCUT2D eigenvalue weighted by atomic mass is 32.1. The monoisotopic (exact) mass is 599 g/mol. The Kier molecular flexibility index (Phi) is 11.3. The molecule has 1 heterocycles. The highest BCUT2D eigenvalue weighted by Gasteiger charge is 2.31. The average molecular weight is 600 g/mol. The number of fused-ring (bicyclic) bond motifs is 1. The number of carboxylic acids is 2. The van der Waals surface area contributed by atoms with Crippen LogP contribution in [0.2, 0.25) is 0 Å². The number of carboxylic acid groups (broad SMARTS) is 2. The number of aliphatic carboxylic acids is 2. The average Bonchev–Trinajstić information content (AvgIpc) is 3.37. The molecule has 2 aromatic carbocycles. The fraction of sp³-hybridized carbons (Fsp3) is 0.321. The Labute approximate surface area is 246 Å². The molecule has 42 heavy (non-hydrogen) atoms. The smallest absolute Gasteiger partial charge is 0.327 e. The lowest BCUT2D eigenvalue weighted by molar-refractivity contribution is -0.141. The summed E-state index contributed by atoms with van der Waals surface area (Å²) >= 11 is 3.99. The van der Waals surface area contributed by atoms with Gasteiger partial charge in [-0.3, -0.25) is 19.2 Å². The van der Waals surface area contributed by atoms with Crippen molar-refractivity contribution in [3.05, 3.63) is 65.9 Å². The fourth-order valence-electron chi connectivity index (χ4n) is 4.23. The van der Waals surface area contributed by atoms with Gasteiger partial charge in [-0.1, -0.05) is 30.3 Å². The molecule has 4 atom stereocenters. The van der Waals surface area contributed by atoms with Gasteiger partial charge in [-0.2, -0.15) is 12.6 Å². The van der Waals surface area contributed by atoms with E-state index in [2.05, 4.69) is 33.6 Å². The van der Waals surface area contributed by atoms with Crippen LogP contribution in [0.3, 0.4) is 0 Å². The lowest BCUT2D eigenvalue weighted by Crippen LogP contribution is -2.58. The van der Waals surface area contributed by atoms with Gasteiger partial charge >= 0.3 is 11.9 Å². The molecule has 224 valence electrons. The van der Waals surface area contributed by atoms with E-state index in [-0.39, 0.29) is 37.2 Å². The van der Waals surface area contributed by atoms with Crippen molar-refractivity contribution >= 4 is 53.2 Å². The number of phenolic OH excluding ortho intramolecular Hbond substituents is 1. The third-order valence-corrected chi connectivity index (χ3v) is 6.91. The first-order valence-corrected chi connectivity index (χ1v) is 13.7. The van der Waals surface area contributed by atoms with Crippen molar-refractivity contribution in [3.8, 4) is 5.75 Å². The fourth-order valence-corrected chi connectivity index (χ4v) is 4.47. The zero-order valence-corrected chi connectivity index (χ0v) is 23.3. The molecule has 13 nitrogen and oxygen atoms in total. The molecule has 0 fully saturated rings. The van der Waals surface area contributed by atoms with Gasteiger partial charge in [0.15, 0.2) is 0 Å². The van der Waals surface area contributed by atoms with E-state index >= 15 is 0 Å². The summed E-state index contributed by atoms with van der Waals surface area (Å²) in [7, 11) is 0. The number of phenols is 1. The van der Waals surface area contributed by atoms with Crippen molar-refractivity contribution in [3.63, 3.8) is 0 Å². The van der Waals surface area contributed by atoms with Crippen LogP contribution in [0.4, 0.5) is 0 Å². The summed E-state index contributed by atoms with van der Waals surface area (Å²) in [5, 5.41) is 36.3. The second kappa shape index (κ2) is 14.9. The van der Waals surface area contributed by atoms with Crippen LogP contribution in [0.25, 0.3) is 10.9 Å². The SMILES string of the molecule is NC(CCC(=O)O)C(=O)NC(Cc1ccc(O)cc1)C(=O)NC(Cc1c[nH]c2ccccc12)C(=O)NC(CS)C(=O)O. The number of carbonyl (C=O) groups is 5. The highest BCUT2D eigenvalue weighted by molar-refractivity contribution is 7.80. The molecule has 3 amide bonds. The van der Waals surface area contributed by atoms with E-state index < -0.39 is 53.8 Å². The van der Waals surface area contributed by atoms with Crippen LogP contribution in [-0.4, -0.2) is 79.9 Å². The summed E-state index contributed by atoms with van der Waals surface area (Å²) in [4.78, 5) is 65.2. The molecule has 0 radical (unpaired) electrons. The summed E-state index contributed by atoms with van der Waals surface area (Å²) in [6, 6.07) is 8.18. The number of rotatable bonds is 15. The normalized spacial score (nSPS) is 13.9. The van der Waals surface area contributed by atoms with Crippen LogP contribution in [-0.2, 0) is 36.8 Å². The number of thiol groups is 1. The standard InChI is InChI=1S/C28H33N5O8S/c29-19(9-10-24(35)36)25(37)31-21(11-15-5-7-17(34)8-6-15)26(38)32-22(27(39)33-23(14-42)28(40)41)12-16-13-30-20-4-2-1-3-18(16)20/h1-8,13,19,21-23,30,34,42H,9-12,14,29H2,(H,31,37)(H,32,38)(H,33,39)(H,35,36)(H,40,41). The maximum Gasteiger partial charge on any atom is 0.327 e. The van der Waals surface area contributed by atoms with Gasteiger partial charge in [0.05, 0.1) is 6.04 Å². The third-order valence-electron chi connectivity index (χ3n) is 6.54. The lowest BCUT2D eigenvalue weighted by atomic mass is 10.0. The maximum atomic E-state index is 13.6.